The number of carbonyl (C=O) groups is 2. The zero-order valence-electron chi connectivity index (χ0n) is 24.6. The lowest BCUT2D eigenvalue weighted by Crippen LogP contribution is -2.09. The molecule has 1 atom stereocenters. The van der Waals surface area contributed by atoms with Gasteiger partial charge in [-0.15, -0.1) is 0 Å². The Bertz CT molecular complexity index is 536. The monoisotopic (exact) mass is 508 g/mol. The van der Waals surface area contributed by atoms with Crippen molar-refractivity contribution < 1.29 is 19.1 Å². The first kappa shape index (κ1) is 34.7. The number of allylic oxidation sites excluding steroid dienone is 2. The molecule has 36 heavy (non-hydrogen) atoms. The van der Waals surface area contributed by atoms with Gasteiger partial charge in [0.25, 0.3) is 0 Å². The maximum atomic E-state index is 11.9. The molecule has 0 amide bonds. The van der Waals surface area contributed by atoms with Crippen molar-refractivity contribution in [2.75, 3.05) is 13.2 Å². The van der Waals surface area contributed by atoms with E-state index in [0.717, 1.165) is 32.1 Å². The Balaban J connectivity index is 3.37. The predicted molar refractivity (Wildman–Crippen MR) is 153 cm³/mol. The second-order valence-electron chi connectivity index (χ2n) is 11.0. The summed E-state index contributed by atoms with van der Waals surface area (Å²) >= 11 is 0. The lowest BCUT2D eigenvalue weighted by Gasteiger charge is -2.10. The molecular weight excluding hydrogens is 448 g/mol. The number of unbranched alkanes of at least 4 members (excludes halogenated alkanes) is 14. The Morgan fingerprint density at radius 2 is 1.06 bits per heavy atom. The fraction of sp³-hybridized carbons (Fsp3) is 0.875. The van der Waals surface area contributed by atoms with Gasteiger partial charge in [0.1, 0.15) is 0 Å². The molecule has 0 aromatic heterocycles. The number of rotatable bonds is 26. The zero-order valence-corrected chi connectivity index (χ0v) is 24.6. The van der Waals surface area contributed by atoms with Crippen molar-refractivity contribution in [3.8, 4) is 0 Å². The van der Waals surface area contributed by atoms with E-state index in [0.29, 0.717) is 44.8 Å². The van der Waals surface area contributed by atoms with Crippen molar-refractivity contribution in [1.29, 1.82) is 0 Å². The third kappa shape index (κ3) is 27.3. The lowest BCUT2D eigenvalue weighted by atomic mass is 10.0. The molecule has 1 unspecified atom stereocenters. The standard InChI is InChI=1S/C32H60O4/c1-5-6-7-8-9-10-11-12-13-14-15-16-17-20-27-35-31(33)24-18-19-25-32(34)36-28-26-30(4)23-21-22-29(2)3/h22,30H,5-21,23-28H2,1-4H3. The Kier molecular flexibility index (Phi) is 25.8. The molecule has 0 spiro atoms. The van der Waals surface area contributed by atoms with Crippen LogP contribution in [0.4, 0.5) is 0 Å². The molecule has 0 aliphatic heterocycles. The number of carbonyl (C=O) groups excluding carboxylic acids is 2. The van der Waals surface area contributed by atoms with Gasteiger partial charge < -0.3 is 9.47 Å². The first-order valence-electron chi connectivity index (χ1n) is 15.4. The Hall–Kier alpha value is -1.32. The van der Waals surface area contributed by atoms with E-state index in [-0.39, 0.29) is 11.9 Å². The molecular formula is C32H60O4. The molecule has 212 valence electrons. The summed E-state index contributed by atoms with van der Waals surface area (Å²) in [6.45, 7) is 9.74. The number of hydrogen-bond acceptors (Lipinski definition) is 4. The molecule has 0 aromatic rings. The van der Waals surface area contributed by atoms with Crippen LogP contribution in [0.2, 0.25) is 0 Å². The second kappa shape index (κ2) is 26.7. The van der Waals surface area contributed by atoms with Crippen molar-refractivity contribution in [2.45, 2.75) is 163 Å². The minimum atomic E-state index is -0.151. The highest BCUT2D eigenvalue weighted by molar-refractivity contribution is 5.70. The van der Waals surface area contributed by atoms with Gasteiger partial charge in [-0.25, -0.2) is 0 Å². The van der Waals surface area contributed by atoms with Crippen LogP contribution in [-0.4, -0.2) is 25.2 Å². The molecule has 0 rings (SSSR count). The molecule has 4 nitrogen and oxygen atoms in total. The average Bonchev–Trinajstić information content (AvgIpc) is 2.84. The molecule has 0 fully saturated rings. The van der Waals surface area contributed by atoms with E-state index in [1.807, 2.05) is 0 Å². The molecule has 0 aromatic carbocycles. The van der Waals surface area contributed by atoms with Crippen LogP contribution < -0.4 is 0 Å². The average molecular weight is 509 g/mol. The third-order valence-corrected chi connectivity index (χ3v) is 6.86. The Labute approximate surface area is 224 Å². The van der Waals surface area contributed by atoms with Gasteiger partial charge in [0, 0.05) is 12.8 Å². The van der Waals surface area contributed by atoms with E-state index < -0.39 is 0 Å². The smallest absolute Gasteiger partial charge is 0.305 e. The number of ether oxygens (including phenoxy) is 2. The van der Waals surface area contributed by atoms with Crippen LogP contribution in [0.5, 0.6) is 0 Å². The summed E-state index contributed by atoms with van der Waals surface area (Å²) in [4.78, 5) is 23.7. The van der Waals surface area contributed by atoms with E-state index in [9.17, 15) is 9.59 Å². The maximum absolute atomic E-state index is 11.9. The van der Waals surface area contributed by atoms with Crippen LogP contribution in [0, 0.1) is 5.92 Å². The fourth-order valence-corrected chi connectivity index (χ4v) is 4.34. The van der Waals surface area contributed by atoms with E-state index in [2.05, 4.69) is 33.8 Å². The van der Waals surface area contributed by atoms with Crippen LogP contribution >= 0.6 is 0 Å². The highest BCUT2D eigenvalue weighted by Crippen LogP contribution is 2.14. The van der Waals surface area contributed by atoms with Crippen LogP contribution in [-0.2, 0) is 19.1 Å². The van der Waals surface area contributed by atoms with Gasteiger partial charge in [0.2, 0.25) is 0 Å². The van der Waals surface area contributed by atoms with Gasteiger partial charge in [-0.1, -0.05) is 109 Å². The Morgan fingerprint density at radius 3 is 1.53 bits per heavy atom. The molecule has 0 saturated carbocycles. The summed E-state index contributed by atoms with van der Waals surface area (Å²) in [5.74, 6) is 0.272. The molecule has 0 aliphatic rings. The summed E-state index contributed by atoms with van der Waals surface area (Å²) in [5, 5.41) is 0. The quantitative estimate of drug-likeness (QED) is 0.0662. The van der Waals surface area contributed by atoms with E-state index in [1.54, 1.807) is 0 Å². The SMILES string of the molecule is CCCCCCCCCCCCCCCCOC(=O)CCCCC(=O)OCCC(C)CCC=C(C)C. The third-order valence-electron chi connectivity index (χ3n) is 6.86. The van der Waals surface area contributed by atoms with Gasteiger partial charge in [-0.05, 0) is 58.3 Å². The van der Waals surface area contributed by atoms with Crippen LogP contribution in [0.3, 0.4) is 0 Å². The van der Waals surface area contributed by atoms with Crippen LogP contribution in [0.15, 0.2) is 11.6 Å². The molecule has 4 heteroatoms. The van der Waals surface area contributed by atoms with Crippen molar-refractivity contribution >= 4 is 11.9 Å². The summed E-state index contributed by atoms with van der Waals surface area (Å²) in [7, 11) is 0. The lowest BCUT2D eigenvalue weighted by molar-refractivity contribution is -0.146. The highest BCUT2D eigenvalue weighted by Gasteiger charge is 2.08. The summed E-state index contributed by atoms with van der Waals surface area (Å²) in [6, 6.07) is 0. The maximum Gasteiger partial charge on any atom is 0.305 e. The second-order valence-corrected chi connectivity index (χ2v) is 11.0. The van der Waals surface area contributed by atoms with Crippen molar-refractivity contribution in [1.82, 2.24) is 0 Å². The largest absolute Gasteiger partial charge is 0.466 e. The van der Waals surface area contributed by atoms with Gasteiger partial charge in [-0.2, -0.15) is 0 Å². The summed E-state index contributed by atoms with van der Waals surface area (Å²) < 4.78 is 10.7. The molecule has 0 bridgehead atoms. The molecule has 0 N–H and O–H groups in total. The highest BCUT2D eigenvalue weighted by atomic mass is 16.5. The molecule has 0 saturated heterocycles. The first-order valence-corrected chi connectivity index (χ1v) is 15.4. The van der Waals surface area contributed by atoms with Crippen LogP contribution in [0.1, 0.15) is 163 Å². The normalized spacial score (nSPS) is 11.8. The molecule has 0 radical (unpaired) electrons. The molecule has 0 heterocycles. The van der Waals surface area contributed by atoms with E-state index >= 15 is 0 Å². The van der Waals surface area contributed by atoms with Crippen molar-refractivity contribution in [2.24, 2.45) is 5.92 Å². The van der Waals surface area contributed by atoms with Crippen molar-refractivity contribution in [3.05, 3.63) is 11.6 Å². The van der Waals surface area contributed by atoms with Gasteiger partial charge in [-0.3, -0.25) is 9.59 Å². The zero-order chi connectivity index (χ0) is 26.7. The topological polar surface area (TPSA) is 52.6 Å². The van der Waals surface area contributed by atoms with Crippen LogP contribution in [0.25, 0.3) is 0 Å². The van der Waals surface area contributed by atoms with Crippen molar-refractivity contribution in [3.63, 3.8) is 0 Å². The molecule has 0 aliphatic carbocycles. The summed E-state index contributed by atoms with van der Waals surface area (Å²) in [5.41, 5.74) is 1.35. The van der Waals surface area contributed by atoms with Gasteiger partial charge in [0.15, 0.2) is 0 Å². The predicted octanol–water partition coefficient (Wildman–Crippen LogP) is 9.89. The van der Waals surface area contributed by atoms with E-state index in [1.165, 1.54) is 82.6 Å². The van der Waals surface area contributed by atoms with E-state index in [4.69, 9.17) is 9.47 Å². The summed E-state index contributed by atoms with van der Waals surface area (Å²) in [6.07, 6.45) is 26.1. The van der Waals surface area contributed by atoms with Gasteiger partial charge >= 0.3 is 11.9 Å². The minimum Gasteiger partial charge on any atom is -0.466 e. The Morgan fingerprint density at radius 1 is 0.611 bits per heavy atom. The first-order chi connectivity index (χ1) is 17.5. The minimum absolute atomic E-state index is 0.136. The number of hydrogen-bond donors (Lipinski definition) is 0. The fourth-order valence-electron chi connectivity index (χ4n) is 4.34. The van der Waals surface area contributed by atoms with Gasteiger partial charge in [0.05, 0.1) is 13.2 Å². The number of esters is 2.